The topological polar surface area (TPSA) is 20.2 Å². The van der Waals surface area contributed by atoms with Crippen LogP contribution in [0.5, 0.6) is 0 Å². The van der Waals surface area contributed by atoms with Crippen molar-refractivity contribution in [3.05, 3.63) is 65.5 Å². The maximum atomic E-state index is 13.8. The van der Waals surface area contributed by atoms with Gasteiger partial charge < -0.3 is 5.11 Å². The molecule has 94 valence electrons. The third-order valence-corrected chi connectivity index (χ3v) is 3.80. The molecule has 0 aromatic heterocycles. The molecule has 2 rings (SSSR count). The SMILES string of the molecule is CC(O)c1ccc(SCc2ccccc2)c(F)c1. The van der Waals surface area contributed by atoms with E-state index in [-0.39, 0.29) is 5.82 Å². The fourth-order valence-corrected chi connectivity index (χ4v) is 2.51. The first-order valence-corrected chi connectivity index (χ1v) is 6.79. The number of hydrogen-bond donors (Lipinski definition) is 1. The summed E-state index contributed by atoms with van der Waals surface area (Å²) in [6, 6.07) is 14.9. The molecule has 0 heterocycles. The van der Waals surface area contributed by atoms with Gasteiger partial charge in [0.15, 0.2) is 0 Å². The van der Waals surface area contributed by atoms with Gasteiger partial charge in [-0.15, -0.1) is 11.8 Å². The van der Waals surface area contributed by atoms with Crippen molar-refractivity contribution in [2.75, 3.05) is 0 Å². The second-order valence-electron chi connectivity index (χ2n) is 4.14. The zero-order valence-electron chi connectivity index (χ0n) is 10.1. The van der Waals surface area contributed by atoms with Gasteiger partial charge in [-0.1, -0.05) is 36.4 Å². The van der Waals surface area contributed by atoms with Crippen molar-refractivity contribution < 1.29 is 9.50 Å². The highest BCUT2D eigenvalue weighted by molar-refractivity contribution is 7.98. The van der Waals surface area contributed by atoms with Crippen LogP contribution in [-0.2, 0) is 5.75 Å². The zero-order chi connectivity index (χ0) is 13.0. The lowest BCUT2D eigenvalue weighted by molar-refractivity contribution is 0.198. The van der Waals surface area contributed by atoms with E-state index in [2.05, 4.69) is 0 Å². The van der Waals surface area contributed by atoms with Crippen LogP contribution in [0.15, 0.2) is 53.4 Å². The Morgan fingerprint density at radius 1 is 1.17 bits per heavy atom. The summed E-state index contributed by atoms with van der Waals surface area (Å²) in [6.45, 7) is 1.63. The van der Waals surface area contributed by atoms with Crippen LogP contribution in [0.3, 0.4) is 0 Å². The van der Waals surface area contributed by atoms with Crippen LogP contribution in [0.1, 0.15) is 24.2 Å². The third-order valence-electron chi connectivity index (χ3n) is 2.68. The predicted molar refractivity (Wildman–Crippen MR) is 73.0 cm³/mol. The van der Waals surface area contributed by atoms with E-state index in [0.29, 0.717) is 10.5 Å². The van der Waals surface area contributed by atoms with Crippen LogP contribution in [0, 0.1) is 5.82 Å². The van der Waals surface area contributed by atoms with E-state index < -0.39 is 6.10 Å². The van der Waals surface area contributed by atoms with E-state index in [4.69, 9.17) is 0 Å². The minimum absolute atomic E-state index is 0.269. The third kappa shape index (κ3) is 3.34. The van der Waals surface area contributed by atoms with Crippen LogP contribution in [0.2, 0.25) is 0 Å². The standard InChI is InChI=1S/C15H15FOS/c1-11(17)13-7-8-15(14(16)9-13)18-10-12-5-3-2-4-6-12/h2-9,11,17H,10H2,1H3. The largest absolute Gasteiger partial charge is 0.389 e. The Bertz CT molecular complexity index is 511. The molecule has 1 unspecified atom stereocenters. The highest BCUT2D eigenvalue weighted by Gasteiger charge is 2.07. The Labute approximate surface area is 111 Å². The van der Waals surface area contributed by atoms with Gasteiger partial charge in [-0.05, 0) is 30.2 Å². The highest BCUT2D eigenvalue weighted by Crippen LogP contribution is 2.27. The van der Waals surface area contributed by atoms with E-state index in [1.807, 2.05) is 30.3 Å². The number of hydrogen-bond acceptors (Lipinski definition) is 2. The summed E-state index contributed by atoms with van der Waals surface area (Å²) < 4.78 is 13.8. The molecular formula is C15H15FOS. The molecule has 0 saturated carbocycles. The van der Waals surface area contributed by atoms with E-state index in [1.165, 1.54) is 23.4 Å². The van der Waals surface area contributed by atoms with Crippen LogP contribution in [-0.4, -0.2) is 5.11 Å². The zero-order valence-corrected chi connectivity index (χ0v) is 11.0. The Morgan fingerprint density at radius 2 is 1.89 bits per heavy atom. The summed E-state index contributed by atoms with van der Waals surface area (Å²) in [7, 11) is 0. The van der Waals surface area contributed by atoms with Gasteiger partial charge in [-0.2, -0.15) is 0 Å². The quantitative estimate of drug-likeness (QED) is 0.834. The molecule has 0 bridgehead atoms. The lowest BCUT2D eigenvalue weighted by atomic mass is 10.1. The molecular weight excluding hydrogens is 247 g/mol. The molecule has 0 spiro atoms. The summed E-state index contributed by atoms with van der Waals surface area (Å²) in [5.74, 6) is 0.473. The van der Waals surface area contributed by atoms with Crippen LogP contribution in [0.4, 0.5) is 4.39 Å². The molecule has 2 aromatic carbocycles. The minimum atomic E-state index is -0.632. The van der Waals surface area contributed by atoms with Crippen LogP contribution < -0.4 is 0 Å². The molecule has 0 aliphatic rings. The molecule has 0 fully saturated rings. The number of aliphatic hydroxyl groups excluding tert-OH is 1. The minimum Gasteiger partial charge on any atom is -0.389 e. The molecule has 0 saturated heterocycles. The average Bonchev–Trinajstić information content (AvgIpc) is 2.38. The van der Waals surface area contributed by atoms with E-state index in [1.54, 1.807) is 19.1 Å². The molecule has 2 aromatic rings. The Hall–Kier alpha value is -1.32. The monoisotopic (exact) mass is 262 g/mol. The molecule has 1 atom stereocenters. The van der Waals surface area contributed by atoms with Crippen molar-refractivity contribution in [1.82, 2.24) is 0 Å². The number of aliphatic hydroxyl groups is 1. The van der Waals surface area contributed by atoms with Gasteiger partial charge in [0.2, 0.25) is 0 Å². The van der Waals surface area contributed by atoms with Crippen LogP contribution in [0.25, 0.3) is 0 Å². The Balaban J connectivity index is 2.06. The molecule has 0 radical (unpaired) electrons. The van der Waals surface area contributed by atoms with Crippen molar-refractivity contribution in [3.8, 4) is 0 Å². The molecule has 0 aliphatic carbocycles. The second kappa shape index (κ2) is 6.03. The van der Waals surface area contributed by atoms with Gasteiger partial charge in [-0.3, -0.25) is 0 Å². The normalized spacial score (nSPS) is 12.4. The van der Waals surface area contributed by atoms with Crippen molar-refractivity contribution in [2.45, 2.75) is 23.7 Å². The molecule has 18 heavy (non-hydrogen) atoms. The number of benzene rings is 2. The van der Waals surface area contributed by atoms with Crippen molar-refractivity contribution in [1.29, 1.82) is 0 Å². The summed E-state index contributed by atoms with van der Waals surface area (Å²) in [4.78, 5) is 0.614. The summed E-state index contributed by atoms with van der Waals surface area (Å²) >= 11 is 1.46. The first-order valence-electron chi connectivity index (χ1n) is 5.81. The maximum Gasteiger partial charge on any atom is 0.137 e. The summed E-state index contributed by atoms with van der Waals surface area (Å²) in [6.07, 6.45) is -0.632. The number of thioether (sulfide) groups is 1. The molecule has 0 amide bonds. The Kier molecular flexibility index (Phi) is 4.39. The van der Waals surface area contributed by atoms with Crippen molar-refractivity contribution in [2.24, 2.45) is 0 Å². The van der Waals surface area contributed by atoms with Gasteiger partial charge in [-0.25, -0.2) is 4.39 Å². The fourth-order valence-electron chi connectivity index (χ4n) is 1.63. The molecule has 1 nitrogen and oxygen atoms in total. The average molecular weight is 262 g/mol. The van der Waals surface area contributed by atoms with Crippen LogP contribution >= 0.6 is 11.8 Å². The molecule has 0 aliphatic heterocycles. The molecule has 1 N–H and O–H groups in total. The van der Waals surface area contributed by atoms with Gasteiger partial charge in [0.25, 0.3) is 0 Å². The van der Waals surface area contributed by atoms with Crippen molar-refractivity contribution in [3.63, 3.8) is 0 Å². The predicted octanol–water partition coefficient (Wildman–Crippen LogP) is 4.17. The number of halogens is 1. The lowest BCUT2D eigenvalue weighted by Crippen LogP contribution is -1.93. The smallest absolute Gasteiger partial charge is 0.137 e. The van der Waals surface area contributed by atoms with Gasteiger partial charge in [0, 0.05) is 10.6 Å². The number of rotatable bonds is 4. The lowest BCUT2D eigenvalue weighted by Gasteiger charge is -2.08. The first-order chi connectivity index (χ1) is 8.66. The van der Waals surface area contributed by atoms with Gasteiger partial charge >= 0.3 is 0 Å². The summed E-state index contributed by atoms with van der Waals surface area (Å²) in [5, 5.41) is 9.37. The van der Waals surface area contributed by atoms with E-state index in [9.17, 15) is 9.50 Å². The summed E-state index contributed by atoms with van der Waals surface area (Å²) in [5.41, 5.74) is 1.78. The first kappa shape index (κ1) is 13.1. The van der Waals surface area contributed by atoms with E-state index in [0.717, 1.165) is 5.75 Å². The van der Waals surface area contributed by atoms with Gasteiger partial charge in [0.05, 0.1) is 6.10 Å². The molecule has 3 heteroatoms. The maximum absolute atomic E-state index is 13.8. The fraction of sp³-hybridized carbons (Fsp3) is 0.200. The van der Waals surface area contributed by atoms with E-state index >= 15 is 0 Å². The Morgan fingerprint density at radius 3 is 2.50 bits per heavy atom. The van der Waals surface area contributed by atoms with Gasteiger partial charge in [0.1, 0.15) is 5.82 Å². The second-order valence-corrected chi connectivity index (χ2v) is 5.16. The highest BCUT2D eigenvalue weighted by atomic mass is 32.2. The van der Waals surface area contributed by atoms with Crippen molar-refractivity contribution >= 4 is 11.8 Å².